The highest BCUT2D eigenvalue weighted by Gasteiger charge is 2.36. The summed E-state index contributed by atoms with van der Waals surface area (Å²) in [5.41, 5.74) is 2.02. The van der Waals surface area contributed by atoms with Crippen LogP contribution in [0, 0.1) is 0 Å². The second-order valence-corrected chi connectivity index (χ2v) is 6.81. The lowest BCUT2D eigenvalue weighted by Gasteiger charge is -2.24. The normalized spacial score (nSPS) is 16.6. The first-order chi connectivity index (χ1) is 13.0. The first-order valence-electron chi connectivity index (χ1n) is 8.81. The molecule has 1 unspecified atom stereocenters. The van der Waals surface area contributed by atoms with Gasteiger partial charge in [-0.25, -0.2) is 14.3 Å². The predicted octanol–water partition coefficient (Wildman–Crippen LogP) is 3.41. The van der Waals surface area contributed by atoms with Gasteiger partial charge in [0.2, 0.25) is 0 Å². The van der Waals surface area contributed by atoms with Crippen molar-refractivity contribution in [2.75, 3.05) is 7.11 Å². The molecule has 3 heterocycles. The molecule has 6 heteroatoms. The molecule has 2 aromatic heterocycles. The van der Waals surface area contributed by atoms with E-state index < -0.39 is 0 Å². The minimum Gasteiger partial charge on any atom is -0.465 e. The number of halogens is 1. The Kier molecular flexibility index (Phi) is 5.61. The summed E-state index contributed by atoms with van der Waals surface area (Å²) in [5, 5.41) is 0.436. The average Bonchev–Trinajstić information content (AvgIpc) is 2.69. The van der Waals surface area contributed by atoms with Gasteiger partial charge < -0.3 is 4.74 Å². The maximum atomic E-state index is 13.6. The summed E-state index contributed by atoms with van der Waals surface area (Å²) >= 11 is 5.94. The third-order valence-electron chi connectivity index (χ3n) is 4.94. The Balaban J connectivity index is 2.33. The van der Waals surface area contributed by atoms with Crippen molar-refractivity contribution < 1.29 is 9.30 Å². The molecule has 0 spiro atoms. The van der Waals surface area contributed by atoms with Gasteiger partial charge in [-0.2, -0.15) is 4.57 Å². The van der Waals surface area contributed by atoms with Crippen LogP contribution >= 0.6 is 11.6 Å². The summed E-state index contributed by atoms with van der Waals surface area (Å²) in [6, 6.07) is 3.59. The molecule has 0 amide bonds. The maximum absolute atomic E-state index is 13.6. The van der Waals surface area contributed by atoms with Gasteiger partial charge in [0.15, 0.2) is 5.56 Å². The van der Waals surface area contributed by atoms with E-state index in [1.807, 2.05) is 22.2 Å². The van der Waals surface area contributed by atoms with Crippen LogP contribution in [0.25, 0.3) is 5.57 Å². The number of methoxy groups -OCH3 is 1. The van der Waals surface area contributed by atoms with Gasteiger partial charge in [0.25, 0.3) is 11.7 Å². The van der Waals surface area contributed by atoms with Crippen LogP contribution < -0.4 is 14.9 Å². The Hall–Kier alpha value is -2.66. The summed E-state index contributed by atoms with van der Waals surface area (Å²) in [6.45, 7) is 7.59. The third kappa shape index (κ3) is 3.35. The average molecular weight is 385 g/mol. The molecular weight excluding hydrogens is 362 g/mol. The largest absolute Gasteiger partial charge is 0.465 e. The van der Waals surface area contributed by atoms with Gasteiger partial charge in [-0.15, -0.1) is 0 Å². The summed E-state index contributed by atoms with van der Waals surface area (Å²) < 4.78 is 9.41. The van der Waals surface area contributed by atoms with Gasteiger partial charge in [-0.1, -0.05) is 49.1 Å². The van der Waals surface area contributed by atoms with Crippen LogP contribution in [0.1, 0.15) is 35.8 Å². The number of nitrogens with zero attached hydrogens (tertiary/aromatic N) is 3. The second-order valence-electron chi connectivity index (χ2n) is 6.42. The number of hydrogen-bond donors (Lipinski definition) is 0. The molecule has 1 atom stereocenters. The van der Waals surface area contributed by atoms with Crippen molar-refractivity contribution in [2.24, 2.45) is 7.05 Å². The predicted molar refractivity (Wildman–Crippen MR) is 107 cm³/mol. The molecule has 1 aliphatic rings. The van der Waals surface area contributed by atoms with Crippen LogP contribution in [0.4, 0.5) is 0 Å². The minimum absolute atomic E-state index is 0.100. The summed E-state index contributed by atoms with van der Waals surface area (Å²) in [7, 11) is 3.50. The Labute approximate surface area is 163 Å². The monoisotopic (exact) mass is 384 g/mol. The third-order valence-corrected chi connectivity index (χ3v) is 5.16. The zero-order valence-corrected chi connectivity index (χ0v) is 16.4. The van der Waals surface area contributed by atoms with Crippen LogP contribution in [0.3, 0.4) is 0 Å². The van der Waals surface area contributed by atoms with E-state index in [0.717, 1.165) is 30.7 Å². The molecule has 3 rings (SSSR count). The molecule has 0 saturated carbocycles. The zero-order valence-electron chi connectivity index (χ0n) is 15.6. The Morgan fingerprint density at radius 3 is 2.81 bits per heavy atom. The smallest absolute Gasteiger partial charge is 0.349 e. The first kappa shape index (κ1) is 19.1. The van der Waals surface area contributed by atoms with Gasteiger partial charge in [0.1, 0.15) is 11.2 Å². The van der Waals surface area contributed by atoms with E-state index in [1.54, 1.807) is 37.6 Å². The van der Waals surface area contributed by atoms with Crippen LogP contribution in [-0.4, -0.2) is 16.7 Å². The van der Waals surface area contributed by atoms with Crippen molar-refractivity contribution in [2.45, 2.75) is 25.3 Å². The van der Waals surface area contributed by atoms with Crippen molar-refractivity contribution >= 4 is 17.2 Å². The fourth-order valence-electron chi connectivity index (χ4n) is 3.73. The molecule has 5 nitrogen and oxygen atoms in total. The molecule has 2 aromatic rings. The van der Waals surface area contributed by atoms with Gasteiger partial charge in [0.05, 0.1) is 14.2 Å². The van der Waals surface area contributed by atoms with Crippen molar-refractivity contribution in [1.82, 2.24) is 9.55 Å². The van der Waals surface area contributed by atoms with E-state index in [2.05, 4.69) is 18.1 Å². The molecular formula is C21H23ClN3O2+. The number of ether oxygens (including phenoxy) is 1. The molecule has 0 N–H and O–H groups in total. The van der Waals surface area contributed by atoms with Crippen molar-refractivity contribution in [1.29, 1.82) is 0 Å². The maximum Gasteiger partial charge on any atom is 0.349 e. The van der Waals surface area contributed by atoms with Crippen LogP contribution in [0.2, 0.25) is 5.15 Å². The highest BCUT2D eigenvalue weighted by atomic mass is 35.5. The summed E-state index contributed by atoms with van der Waals surface area (Å²) in [4.78, 5) is 17.8. The second kappa shape index (κ2) is 7.92. The van der Waals surface area contributed by atoms with Crippen molar-refractivity contribution in [3.05, 3.63) is 82.2 Å². The standard InChI is InChI=1S/C21H23ClN3O2/c1-5-8-14(6-2)19-20(26)25-16(15-11-12-17(22)23-13-15)9-7-10-18(25)24(3)21(19)27-4/h5-6,8,11-13,16H,1-2,7,9-10H2,3-4H3/q+1/b14-8+. The summed E-state index contributed by atoms with van der Waals surface area (Å²) in [5.74, 6) is 1.45. The Morgan fingerprint density at radius 1 is 1.44 bits per heavy atom. The molecule has 140 valence electrons. The van der Waals surface area contributed by atoms with Gasteiger partial charge >= 0.3 is 5.56 Å². The molecule has 0 aromatic carbocycles. The topological polar surface area (TPSA) is 48.0 Å². The first-order valence-corrected chi connectivity index (χ1v) is 9.19. The van der Waals surface area contributed by atoms with Crippen molar-refractivity contribution in [3.8, 4) is 5.88 Å². The lowest BCUT2D eigenvalue weighted by Crippen LogP contribution is -2.48. The van der Waals surface area contributed by atoms with E-state index >= 15 is 0 Å². The van der Waals surface area contributed by atoms with Crippen molar-refractivity contribution in [3.63, 3.8) is 0 Å². The van der Waals surface area contributed by atoms with E-state index in [9.17, 15) is 4.79 Å². The molecule has 0 radical (unpaired) electrons. The molecule has 27 heavy (non-hydrogen) atoms. The van der Waals surface area contributed by atoms with E-state index in [0.29, 0.717) is 22.2 Å². The van der Waals surface area contributed by atoms with Crippen LogP contribution in [0.5, 0.6) is 5.88 Å². The Morgan fingerprint density at radius 2 is 2.22 bits per heavy atom. The number of allylic oxidation sites excluding steroid dienone is 4. The number of fused-ring (bicyclic) bond motifs is 1. The number of aromatic nitrogens is 3. The number of rotatable bonds is 5. The van der Waals surface area contributed by atoms with Gasteiger partial charge in [-0.3, -0.25) is 0 Å². The van der Waals surface area contributed by atoms with Gasteiger partial charge in [0, 0.05) is 18.2 Å². The van der Waals surface area contributed by atoms with Crippen LogP contribution in [-0.2, 0) is 13.5 Å². The Bertz CT molecular complexity index is 974. The lowest BCUT2D eigenvalue weighted by atomic mass is 9.96. The van der Waals surface area contributed by atoms with E-state index in [4.69, 9.17) is 16.3 Å². The fraction of sp³-hybridized carbons (Fsp3) is 0.286. The zero-order chi connectivity index (χ0) is 19.6. The molecule has 0 aliphatic carbocycles. The number of pyridine rings is 1. The summed E-state index contributed by atoms with van der Waals surface area (Å²) in [6.07, 6.45) is 9.43. The van der Waals surface area contributed by atoms with E-state index in [1.165, 1.54) is 0 Å². The highest BCUT2D eigenvalue weighted by molar-refractivity contribution is 6.29. The SMILES string of the molecule is C=C/C=C(\C=C)c1c(OC)[n+](C)c2n(c1=O)C(c1ccc(Cl)nc1)CCC2. The molecule has 0 bridgehead atoms. The quantitative estimate of drug-likeness (QED) is 0.451. The van der Waals surface area contributed by atoms with Gasteiger partial charge in [-0.05, 0) is 24.5 Å². The molecule has 0 saturated heterocycles. The minimum atomic E-state index is -0.104. The lowest BCUT2D eigenvalue weighted by molar-refractivity contribution is -0.690. The molecule has 0 fully saturated rings. The number of hydrogen-bond acceptors (Lipinski definition) is 3. The molecule has 1 aliphatic heterocycles. The van der Waals surface area contributed by atoms with Crippen LogP contribution in [0.15, 0.2) is 54.5 Å². The highest BCUT2D eigenvalue weighted by Crippen LogP contribution is 2.30. The van der Waals surface area contributed by atoms with E-state index in [-0.39, 0.29) is 11.6 Å². The fourth-order valence-corrected chi connectivity index (χ4v) is 3.85.